The maximum absolute atomic E-state index is 11.7. The van der Waals surface area contributed by atoms with Gasteiger partial charge in [-0.1, -0.05) is 11.6 Å². The van der Waals surface area contributed by atoms with Gasteiger partial charge in [0.25, 0.3) is 0 Å². The molecule has 1 aromatic heterocycles. The van der Waals surface area contributed by atoms with E-state index in [1.54, 1.807) is 32.2 Å². The number of rotatable bonds is 4. The lowest BCUT2D eigenvalue weighted by molar-refractivity contribution is -0.137. The SMILES string of the molecule is CC(C)(C)OC(=O)NC(CC(=O)O)c1sccc1Cl. The molecule has 1 aromatic rings. The first-order valence-electron chi connectivity index (χ1n) is 5.63. The molecule has 19 heavy (non-hydrogen) atoms. The van der Waals surface area contributed by atoms with E-state index in [0.717, 1.165) is 0 Å². The average molecular weight is 306 g/mol. The molecule has 0 aliphatic carbocycles. The molecule has 1 heterocycles. The second-order valence-corrected chi connectivity index (χ2v) is 6.28. The van der Waals surface area contributed by atoms with Gasteiger partial charge in [-0.15, -0.1) is 11.3 Å². The maximum atomic E-state index is 11.7. The predicted octanol–water partition coefficient (Wildman–Crippen LogP) is 3.44. The third kappa shape index (κ3) is 5.48. The van der Waals surface area contributed by atoms with E-state index in [1.165, 1.54) is 11.3 Å². The minimum Gasteiger partial charge on any atom is -0.481 e. The van der Waals surface area contributed by atoms with Gasteiger partial charge >= 0.3 is 12.1 Å². The summed E-state index contributed by atoms with van der Waals surface area (Å²) in [6.45, 7) is 5.20. The van der Waals surface area contributed by atoms with E-state index in [0.29, 0.717) is 9.90 Å². The quantitative estimate of drug-likeness (QED) is 0.893. The highest BCUT2D eigenvalue weighted by Gasteiger charge is 2.24. The largest absolute Gasteiger partial charge is 0.481 e. The van der Waals surface area contributed by atoms with E-state index in [1.807, 2.05) is 0 Å². The van der Waals surface area contributed by atoms with Crippen LogP contribution in [-0.2, 0) is 9.53 Å². The first-order chi connectivity index (χ1) is 8.69. The summed E-state index contributed by atoms with van der Waals surface area (Å²) in [4.78, 5) is 23.2. The normalized spacial score (nSPS) is 12.8. The molecule has 0 aliphatic rings. The molecule has 1 atom stereocenters. The minimum atomic E-state index is -1.02. The molecule has 0 fully saturated rings. The Morgan fingerprint density at radius 3 is 2.58 bits per heavy atom. The maximum Gasteiger partial charge on any atom is 0.408 e. The molecule has 2 N–H and O–H groups in total. The van der Waals surface area contributed by atoms with Crippen LogP contribution in [0.4, 0.5) is 4.79 Å². The van der Waals surface area contributed by atoms with Gasteiger partial charge in [0.1, 0.15) is 5.60 Å². The molecule has 0 bridgehead atoms. The molecule has 0 spiro atoms. The highest BCUT2D eigenvalue weighted by molar-refractivity contribution is 7.10. The lowest BCUT2D eigenvalue weighted by Gasteiger charge is -2.22. The number of hydrogen-bond acceptors (Lipinski definition) is 4. The number of nitrogens with one attached hydrogen (secondary N) is 1. The van der Waals surface area contributed by atoms with Gasteiger partial charge in [-0.25, -0.2) is 4.79 Å². The molecular weight excluding hydrogens is 290 g/mol. The summed E-state index contributed by atoms with van der Waals surface area (Å²) < 4.78 is 5.11. The van der Waals surface area contributed by atoms with Crippen LogP contribution >= 0.6 is 22.9 Å². The Morgan fingerprint density at radius 1 is 1.53 bits per heavy atom. The fraction of sp³-hybridized carbons (Fsp3) is 0.500. The number of carboxylic acid groups (broad SMARTS) is 1. The lowest BCUT2D eigenvalue weighted by Crippen LogP contribution is -2.35. The van der Waals surface area contributed by atoms with Crippen molar-refractivity contribution in [3.05, 3.63) is 21.3 Å². The van der Waals surface area contributed by atoms with Crippen molar-refractivity contribution >= 4 is 35.0 Å². The molecule has 106 valence electrons. The predicted molar refractivity (Wildman–Crippen MR) is 73.7 cm³/mol. The van der Waals surface area contributed by atoms with E-state index in [4.69, 9.17) is 21.4 Å². The van der Waals surface area contributed by atoms with Crippen molar-refractivity contribution in [3.8, 4) is 0 Å². The Labute approximate surface area is 120 Å². The number of carbonyl (C=O) groups is 2. The molecule has 7 heteroatoms. The van der Waals surface area contributed by atoms with Crippen molar-refractivity contribution in [3.63, 3.8) is 0 Å². The zero-order valence-electron chi connectivity index (χ0n) is 10.9. The fourth-order valence-electron chi connectivity index (χ4n) is 1.39. The van der Waals surface area contributed by atoms with Gasteiger partial charge in [0.2, 0.25) is 0 Å². The van der Waals surface area contributed by atoms with Crippen LogP contribution in [0.25, 0.3) is 0 Å². The van der Waals surface area contributed by atoms with Crippen molar-refractivity contribution in [2.45, 2.75) is 38.8 Å². The summed E-state index contributed by atoms with van der Waals surface area (Å²) in [6.07, 6.45) is -0.914. The Morgan fingerprint density at radius 2 is 2.16 bits per heavy atom. The minimum absolute atomic E-state index is 0.251. The number of carbonyl (C=O) groups excluding carboxylic acids is 1. The van der Waals surface area contributed by atoms with Crippen molar-refractivity contribution in [2.75, 3.05) is 0 Å². The summed E-state index contributed by atoms with van der Waals surface area (Å²) in [5.74, 6) is -1.02. The number of hydrogen-bond donors (Lipinski definition) is 2. The highest BCUT2D eigenvalue weighted by atomic mass is 35.5. The third-order valence-corrected chi connectivity index (χ3v) is 3.50. The highest BCUT2D eigenvalue weighted by Crippen LogP contribution is 2.30. The van der Waals surface area contributed by atoms with Gasteiger partial charge < -0.3 is 15.2 Å². The number of ether oxygens (including phenoxy) is 1. The number of aliphatic carboxylic acids is 1. The van der Waals surface area contributed by atoms with Gasteiger partial charge in [-0.3, -0.25) is 4.79 Å². The second kappa shape index (κ2) is 6.25. The molecular formula is C12H16ClNO4S. The lowest BCUT2D eigenvalue weighted by atomic mass is 10.1. The Bertz CT molecular complexity index is 467. The monoisotopic (exact) mass is 305 g/mol. The molecule has 0 saturated heterocycles. The van der Waals surface area contributed by atoms with Crippen molar-refractivity contribution in [1.82, 2.24) is 5.32 Å². The van der Waals surface area contributed by atoms with Gasteiger partial charge in [0.15, 0.2) is 0 Å². The molecule has 0 radical (unpaired) electrons. The van der Waals surface area contributed by atoms with Crippen LogP contribution in [0, 0.1) is 0 Å². The van der Waals surface area contributed by atoms with Crippen LogP contribution in [0.15, 0.2) is 11.4 Å². The number of halogens is 1. The Kier molecular flexibility index (Phi) is 5.20. The van der Waals surface area contributed by atoms with E-state index >= 15 is 0 Å². The average Bonchev–Trinajstić information content (AvgIpc) is 2.59. The van der Waals surface area contributed by atoms with E-state index in [-0.39, 0.29) is 6.42 Å². The van der Waals surface area contributed by atoms with Crippen LogP contribution in [-0.4, -0.2) is 22.8 Å². The summed E-state index contributed by atoms with van der Waals surface area (Å²) in [6, 6.07) is 0.965. The van der Waals surface area contributed by atoms with E-state index in [9.17, 15) is 9.59 Å². The smallest absolute Gasteiger partial charge is 0.408 e. The van der Waals surface area contributed by atoms with Gasteiger partial charge in [-0.2, -0.15) is 0 Å². The van der Waals surface area contributed by atoms with Crippen molar-refractivity contribution < 1.29 is 19.4 Å². The number of thiophene rings is 1. The molecule has 0 saturated carbocycles. The standard InChI is InChI=1S/C12H16ClNO4S/c1-12(2,3)18-11(17)14-8(6-9(15)16)10-7(13)4-5-19-10/h4-5,8H,6H2,1-3H3,(H,14,17)(H,15,16). The Balaban J connectivity index is 2.79. The van der Waals surface area contributed by atoms with Crippen LogP contribution in [0.1, 0.15) is 38.1 Å². The van der Waals surface area contributed by atoms with Gasteiger partial charge in [-0.05, 0) is 32.2 Å². The summed E-state index contributed by atoms with van der Waals surface area (Å²) >= 11 is 7.25. The molecule has 1 unspecified atom stereocenters. The van der Waals surface area contributed by atoms with Crippen LogP contribution in [0.3, 0.4) is 0 Å². The fourth-order valence-corrected chi connectivity index (χ4v) is 2.63. The van der Waals surface area contributed by atoms with Crippen LogP contribution in [0.2, 0.25) is 5.02 Å². The number of carboxylic acids is 1. The van der Waals surface area contributed by atoms with Crippen molar-refractivity contribution in [1.29, 1.82) is 0 Å². The second-order valence-electron chi connectivity index (χ2n) is 4.93. The molecule has 0 aromatic carbocycles. The first kappa shape index (κ1) is 15.8. The van der Waals surface area contributed by atoms with E-state index in [2.05, 4.69) is 5.32 Å². The van der Waals surface area contributed by atoms with Gasteiger partial charge in [0.05, 0.1) is 17.5 Å². The van der Waals surface area contributed by atoms with Crippen LogP contribution < -0.4 is 5.32 Å². The number of amides is 1. The van der Waals surface area contributed by atoms with Crippen LogP contribution in [0.5, 0.6) is 0 Å². The van der Waals surface area contributed by atoms with E-state index < -0.39 is 23.7 Å². The zero-order valence-corrected chi connectivity index (χ0v) is 12.5. The first-order valence-corrected chi connectivity index (χ1v) is 6.89. The molecule has 5 nitrogen and oxygen atoms in total. The third-order valence-electron chi connectivity index (χ3n) is 2.03. The topological polar surface area (TPSA) is 75.6 Å². The summed E-state index contributed by atoms with van der Waals surface area (Å²) in [5, 5.41) is 13.6. The molecule has 1 amide bonds. The van der Waals surface area contributed by atoms with Gasteiger partial charge in [0, 0.05) is 4.88 Å². The molecule has 0 aliphatic heterocycles. The summed E-state index contributed by atoms with van der Waals surface area (Å²) in [7, 11) is 0. The summed E-state index contributed by atoms with van der Waals surface area (Å²) in [5.41, 5.74) is -0.642. The zero-order chi connectivity index (χ0) is 14.6. The number of alkyl carbamates (subject to hydrolysis) is 1. The molecule has 1 rings (SSSR count). The Hall–Kier alpha value is -1.27. The van der Waals surface area contributed by atoms with Crippen molar-refractivity contribution in [2.24, 2.45) is 0 Å².